The van der Waals surface area contributed by atoms with Gasteiger partial charge in [0.05, 0.1) is 6.10 Å². The molecule has 20 heavy (non-hydrogen) atoms. The second-order valence-electron chi connectivity index (χ2n) is 5.55. The lowest BCUT2D eigenvalue weighted by Crippen LogP contribution is -2.42. The average molecular weight is 278 g/mol. The normalized spacial score (nSPS) is 20.8. The molecule has 0 aliphatic carbocycles. The summed E-state index contributed by atoms with van der Waals surface area (Å²) in [5.41, 5.74) is 7.26. The lowest BCUT2D eigenvalue weighted by Gasteiger charge is -2.32. The summed E-state index contributed by atoms with van der Waals surface area (Å²) in [4.78, 5) is 2.35. The molecule has 1 aromatic carbocycles. The molecule has 0 amide bonds. The molecule has 2 N–H and O–H groups in total. The quantitative estimate of drug-likeness (QED) is 0.868. The molecule has 4 heteroatoms. The maximum atomic E-state index is 6.03. The van der Waals surface area contributed by atoms with Gasteiger partial charge in [-0.1, -0.05) is 0 Å². The van der Waals surface area contributed by atoms with Crippen LogP contribution < -0.4 is 15.4 Å². The van der Waals surface area contributed by atoms with Crippen LogP contribution in [0.2, 0.25) is 0 Å². The van der Waals surface area contributed by atoms with Gasteiger partial charge in [0.25, 0.3) is 0 Å². The average Bonchev–Trinajstić information content (AvgIpc) is 2.46. The first kappa shape index (κ1) is 15.1. The number of methoxy groups -OCH3 is 1. The van der Waals surface area contributed by atoms with Gasteiger partial charge in [0.1, 0.15) is 5.75 Å². The fourth-order valence-electron chi connectivity index (χ4n) is 2.56. The number of nitrogens with two attached hydrogens (primary N) is 1. The van der Waals surface area contributed by atoms with Crippen LogP contribution in [0.15, 0.2) is 24.3 Å². The summed E-state index contributed by atoms with van der Waals surface area (Å²) < 4.78 is 10.9. The first-order valence-electron chi connectivity index (χ1n) is 7.45. The minimum absolute atomic E-state index is 0.171. The number of benzene rings is 1. The predicted molar refractivity (Wildman–Crippen MR) is 82.4 cm³/mol. The van der Waals surface area contributed by atoms with Crippen molar-refractivity contribution < 1.29 is 9.47 Å². The Morgan fingerprint density at radius 3 is 2.75 bits per heavy atom. The summed E-state index contributed by atoms with van der Waals surface area (Å²) >= 11 is 0. The van der Waals surface area contributed by atoms with Crippen molar-refractivity contribution in [3.8, 4) is 5.75 Å². The summed E-state index contributed by atoms with van der Waals surface area (Å²) in [5.74, 6) is 0.915. The van der Waals surface area contributed by atoms with Crippen molar-refractivity contribution in [2.75, 3.05) is 31.7 Å². The molecule has 2 rings (SSSR count). The topological polar surface area (TPSA) is 47.7 Å². The van der Waals surface area contributed by atoms with E-state index in [0.29, 0.717) is 6.04 Å². The van der Waals surface area contributed by atoms with Crippen LogP contribution in [0.4, 0.5) is 5.69 Å². The van der Waals surface area contributed by atoms with Gasteiger partial charge in [-0.25, -0.2) is 0 Å². The summed E-state index contributed by atoms with van der Waals surface area (Å²) in [6, 6.07) is 8.62. The molecule has 1 aliphatic heterocycles. The smallest absolute Gasteiger partial charge is 0.119 e. The zero-order chi connectivity index (χ0) is 14.4. The molecular formula is C16H26N2O2. The molecule has 112 valence electrons. The Kier molecular flexibility index (Phi) is 5.68. The van der Waals surface area contributed by atoms with Gasteiger partial charge >= 0.3 is 0 Å². The van der Waals surface area contributed by atoms with Crippen LogP contribution in [0.5, 0.6) is 5.75 Å². The van der Waals surface area contributed by atoms with Crippen LogP contribution in [0.3, 0.4) is 0 Å². The Labute approximate surface area is 121 Å². The minimum atomic E-state index is 0.171. The van der Waals surface area contributed by atoms with Gasteiger partial charge in [-0.05, 0) is 44.0 Å². The summed E-state index contributed by atoms with van der Waals surface area (Å²) in [6.45, 7) is 4.84. The van der Waals surface area contributed by atoms with Crippen LogP contribution in [-0.2, 0) is 4.74 Å². The second-order valence-corrected chi connectivity index (χ2v) is 5.55. The van der Waals surface area contributed by atoms with Gasteiger partial charge < -0.3 is 20.1 Å². The Hall–Kier alpha value is -1.26. The zero-order valence-electron chi connectivity index (χ0n) is 12.5. The fraction of sp³-hybridized carbons (Fsp3) is 0.625. The van der Waals surface area contributed by atoms with E-state index in [4.69, 9.17) is 15.2 Å². The lowest BCUT2D eigenvalue weighted by atomic mass is 10.1. The molecule has 0 aromatic heterocycles. The summed E-state index contributed by atoms with van der Waals surface area (Å²) in [5, 5.41) is 0. The van der Waals surface area contributed by atoms with Crippen molar-refractivity contribution in [2.45, 2.75) is 38.3 Å². The third kappa shape index (κ3) is 4.39. The van der Waals surface area contributed by atoms with E-state index in [2.05, 4.69) is 24.0 Å². The standard InChI is InChI=1S/C16H26N2O2/c1-13(9-11-19-2)20-16-7-5-15(6-8-16)18-10-3-4-14(17)12-18/h5-8,13-14H,3-4,9-12,17H2,1-2H3. The highest BCUT2D eigenvalue weighted by Crippen LogP contribution is 2.23. The van der Waals surface area contributed by atoms with E-state index in [1.807, 2.05) is 12.1 Å². The van der Waals surface area contributed by atoms with Crippen molar-refractivity contribution in [3.05, 3.63) is 24.3 Å². The molecule has 1 saturated heterocycles. The number of piperidine rings is 1. The van der Waals surface area contributed by atoms with E-state index < -0.39 is 0 Å². The first-order valence-corrected chi connectivity index (χ1v) is 7.45. The molecule has 0 spiro atoms. The van der Waals surface area contributed by atoms with E-state index >= 15 is 0 Å². The van der Waals surface area contributed by atoms with Gasteiger partial charge in [-0.2, -0.15) is 0 Å². The van der Waals surface area contributed by atoms with Crippen molar-refractivity contribution in [2.24, 2.45) is 5.73 Å². The maximum Gasteiger partial charge on any atom is 0.119 e. The Morgan fingerprint density at radius 1 is 1.35 bits per heavy atom. The largest absolute Gasteiger partial charge is 0.491 e. The van der Waals surface area contributed by atoms with Gasteiger partial charge in [0, 0.05) is 45.0 Å². The molecule has 1 fully saturated rings. The van der Waals surface area contributed by atoms with Gasteiger partial charge in [-0.3, -0.25) is 0 Å². The van der Waals surface area contributed by atoms with Crippen molar-refractivity contribution in [1.29, 1.82) is 0 Å². The second kappa shape index (κ2) is 7.50. The van der Waals surface area contributed by atoms with Gasteiger partial charge in [0.2, 0.25) is 0 Å². The van der Waals surface area contributed by atoms with E-state index in [1.165, 1.54) is 12.1 Å². The van der Waals surface area contributed by atoms with Crippen LogP contribution in [0.25, 0.3) is 0 Å². The summed E-state index contributed by atoms with van der Waals surface area (Å²) in [7, 11) is 1.71. The highest BCUT2D eigenvalue weighted by Gasteiger charge is 2.16. The highest BCUT2D eigenvalue weighted by molar-refractivity contribution is 5.49. The molecule has 1 aromatic rings. The SMILES string of the molecule is COCCC(C)Oc1ccc(N2CCCC(N)C2)cc1. The van der Waals surface area contributed by atoms with Gasteiger partial charge in [0.15, 0.2) is 0 Å². The van der Waals surface area contributed by atoms with Crippen LogP contribution >= 0.6 is 0 Å². The van der Waals surface area contributed by atoms with Crippen molar-refractivity contribution in [1.82, 2.24) is 0 Å². The Morgan fingerprint density at radius 2 is 2.10 bits per heavy atom. The molecule has 4 nitrogen and oxygen atoms in total. The molecule has 1 aliphatic rings. The van der Waals surface area contributed by atoms with E-state index in [0.717, 1.165) is 38.3 Å². The predicted octanol–water partition coefficient (Wildman–Crippen LogP) is 2.42. The van der Waals surface area contributed by atoms with E-state index in [-0.39, 0.29) is 6.10 Å². The molecule has 2 atom stereocenters. The number of rotatable bonds is 6. The monoisotopic (exact) mass is 278 g/mol. The first-order chi connectivity index (χ1) is 9.69. The highest BCUT2D eigenvalue weighted by atomic mass is 16.5. The number of anilines is 1. The zero-order valence-corrected chi connectivity index (χ0v) is 12.5. The van der Waals surface area contributed by atoms with Crippen LogP contribution in [-0.4, -0.2) is 39.0 Å². The number of ether oxygens (including phenoxy) is 2. The molecule has 0 saturated carbocycles. The lowest BCUT2D eigenvalue weighted by molar-refractivity contribution is 0.135. The third-order valence-corrected chi connectivity index (χ3v) is 3.73. The molecule has 1 heterocycles. The molecule has 0 radical (unpaired) electrons. The Bertz CT molecular complexity index is 394. The number of hydrogen-bond donors (Lipinski definition) is 1. The van der Waals surface area contributed by atoms with E-state index in [9.17, 15) is 0 Å². The van der Waals surface area contributed by atoms with Crippen LogP contribution in [0.1, 0.15) is 26.2 Å². The minimum Gasteiger partial charge on any atom is -0.491 e. The number of hydrogen-bond acceptors (Lipinski definition) is 4. The van der Waals surface area contributed by atoms with Crippen LogP contribution in [0, 0.1) is 0 Å². The maximum absolute atomic E-state index is 6.03. The Balaban J connectivity index is 1.89. The summed E-state index contributed by atoms with van der Waals surface area (Å²) in [6.07, 6.45) is 3.38. The van der Waals surface area contributed by atoms with E-state index in [1.54, 1.807) is 7.11 Å². The fourth-order valence-corrected chi connectivity index (χ4v) is 2.56. The van der Waals surface area contributed by atoms with Crippen molar-refractivity contribution in [3.63, 3.8) is 0 Å². The molecular weight excluding hydrogens is 252 g/mol. The van der Waals surface area contributed by atoms with Gasteiger partial charge in [-0.15, -0.1) is 0 Å². The number of nitrogens with zero attached hydrogens (tertiary/aromatic N) is 1. The molecule has 2 unspecified atom stereocenters. The molecule has 0 bridgehead atoms. The third-order valence-electron chi connectivity index (χ3n) is 3.73. The van der Waals surface area contributed by atoms with Crippen molar-refractivity contribution >= 4 is 5.69 Å².